The van der Waals surface area contributed by atoms with Crippen molar-refractivity contribution in [1.29, 1.82) is 0 Å². The highest BCUT2D eigenvalue weighted by molar-refractivity contribution is 5.81. The third-order valence-corrected chi connectivity index (χ3v) is 4.11. The number of benzene rings is 1. The highest BCUT2D eigenvalue weighted by Crippen LogP contribution is 2.25. The lowest BCUT2D eigenvalue weighted by molar-refractivity contribution is -0.120. The van der Waals surface area contributed by atoms with E-state index in [1.165, 1.54) is 13.5 Å². The summed E-state index contributed by atoms with van der Waals surface area (Å²) in [4.78, 5) is 11.9. The third-order valence-electron chi connectivity index (χ3n) is 4.11. The van der Waals surface area contributed by atoms with Gasteiger partial charge in [-0.1, -0.05) is 19.8 Å². The molecule has 0 aromatic heterocycles. The van der Waals surface area contributed by atoms with Crippen LogP contribution in [0.25, 0.3) is 0 Å². The molecular formula is C16H22F2N2O2. The van der Waals surface area contributed by atoms with Gasteiger partial charge in [-0.25, -0.2) is 8.78 Å². The molecule has 122 valence electrons. The van der Waals surface area contributed by atoms with Crippen LogP contribution in [0.3, 0.4) is 0 Å². The number of hydrogen-bond donors (Lipinski definition) is 2. The third kappa shape index (κ3) is 4.08. The molecule has 1 aliphatic rings. The minimum absolute atomic E-state index is 0.0194. The second-order valence-corrected chi connectivity index (χ2v) is 5.76. The predicted molar refractivity (Wildman–Crippen MR) is 81.0 cm³/mol. The Morgan fingerprint density at radius 2 is 1.91 bits per heavy atom. The van der Waals surface area contributed by atoms with Gasteiger partial charge in [-0.05, 0) is 18.8 Å². The average molecular weight is 312 g/mol. The number of rotatable bonds is 5. The van der Waals surface area contributed by atoms with E-state index in [0.717, 1.165) is 31.4 Å². The zero-order chi connectivity index (χ0) is 16.1. The van der Waals surface area contributed by atoms with Crippen LogP contribution in [0.15, 0.2) is 12.1 Å². The number of nitrogens with one attached hydrogen (secondary N) is 2. The summed E-state index contributed by atoms with van der Waals surface area (Å²) in [6, 6.07) is 2.41. The summed E-state index contributed by atoms with van der Waals surface area (Å²) in [5.74, 6) is -1.73. The van der Waals surface area contributed by atoms with Crippen LogP contribution < -0.4 is 15.4 Å². The molecular weight excluding hydrogens is 290 g/mol. The van der Waals surface area contributed by atoms with Gasteiger partial charge in [0.15, 0.2) is 17.4 Å². The Balaban J connectivity index is 1.88. The number of amides is 1. The molecule has 4 nitrogen and oxygen atoms in total. The monoisotopic (exact) mass is 312 g/mol. The van der Waals surface area contributed by atoms with Crippen molar-refractivity contribution in [2.45, 2.75) is 38.6 Å². The van der Waals surface area contributed by atoms with Crippen LogP contribution in [0.2, 0.25) is 0 Å². The minimum atomic E-state index is -0.800. The number of carbonyl (C=O) groups excluding carboxylic acids is 1. The fourth-order valence-electron chi connectivity index (χ4n) is 2.83. The SMILES string of the molecule is COc1c(F)cc(NCC(=O)N[C@@H]2CCCC[C@H]2C)cc1F. The molecule has 0 saturated heterocycles. The van der Waals surface area contributed by atoms with Crippen molar-refractivity contribution in [2.75, 3.05) is 19.0 Å². The molecule has 2 rings (SSSR count). The van der Waals surface area contributed by atoms with Gasteiger partial charge in [-0.2, -0.15) is 0 Å². The summed E-state index contributed by atoms with van der Waals surface area (Å²) in [5, 5.41) is 5.71. The second-order valence-electron chi connectivity index (χ2n) is 5.76. The predicted octanol–water partition coefficient (Wildman–Crippen LogP) is 3.08. The van der Waals surface area contributed by atoms with E-state index in [0.29, 0.717) is 5.92 Å². The molecule has 2 atom stereocenters. The normalized spacial score (nSPS) is 21.3. The maximum atomic E-state index is 13.6. The number of carbonyl (C=O) groups is 1. The number of ether oxygens (including phenoxy) is 1. The second kappa shape index (κ2) is 7.42. The van der Waals surface area contributed by atoms with Crippen molar-refractivity contribution in [3.63, 3.8) is 0 Å². The van der Waals surface area contributed by atoms with Crippen LogP contribution >= 0.6 is 0 Å². The van der Waals surface area contributed by atoms with Crippen LogP contribution in [0, 0.1) is 17.6 Å². The Kier molecular flexibility index (Phi) is 5.57. The number of halogens is 2. The molecule has 1 aromatic carbocycles. The van der Waals surface area contributed by atoms with E-state index in [-0.39, 0.29) is 24.2 Å². The van der Waals surface area contributed by atoms with Crippen molar-refractivity contribution in [3.05, 3.63) is 23.8 Å². The average Bonchev–Trinajstić information content (AvgIpc) is 2.47. The van der Waals surface area contributed by atoms with Gasteiger partial charge in [0.25, 0.3) is 0 Å². The highest BCUT2D eigenvalue weighted by Gasteiger charge is 2.22. The molecule has 0 radical (unpaired) electrons. The van der Waals surface area contributed by atoms with Crippen molar-refractivity contribution < 1.29 is 18.3 Å². The molecule has 0 unspecified atom stereocenters. The number of methoxy groups -OCH3 is 1. The van der Waals surface area contributed by atoms with E-state index in [1.807, 2.05) is 0 Å². The van der Waals surface area contributed by atoms with Crippen LogP contribution in [-0.2, 0) is 4.79 Å². The van der Waals surface area contributed by atoms with E-state index in [4.69, 9.17) is 0 Å². The van der Waals surface area contributed by atoms with Gasteiger partial charge in [0.1, 0.15) is 0 Å². The first-order valence-electron chi connectivity index (χ1n) is 7.57. The Bertz CT molecular complexity index is 514. The molecule has 1 aromatic rings. The van der Waals surface area contributed by atoms with Crippen molar-refractivity contribution in [3.8, 4) is 5.75 Å². The van der Waals surface area contributed by atoms with Gasteiger partial charge >= 0.3 is 0 Å². The zero-order valence-electron chi connectivity index (χ0n) is 12.9. The molecule has 1 saturated carbocycles. The number of hydrogen-bond acceptors (Lipinski definition) is 3. The van der Waals surface area contributed by atoms with Crippen molar-refractivity contribution in [2.24, 2.45) is 5.92 Å². The van der Waals surface area contributed by atoms with Crippen molar-refractivity contribution in [1.82, 2.24) is 5.32 Å². The minimum Gasteiger partial charge on any atom is -0.491 e. The van der Waals surface area contributed by atoms with Gasteiger partial charge in [-0.15, -0.1) is 0 Å². The first kappa shape index (κ1) is 16.5. The summed E-state index contributed by atoms with van der Waals surface area (Å²) in [5.41, 5.74) is 0.211. The first-order chi connectivity index (χ1) is 10.5. The lowest BCUT2D eigenvalue weighted by Crippen LogP contribution is -2.43. The summed E-state index contributed by atoms with van der Waals surface area (Å²) in [7, 11) is 1.20. The summed E-state index contributed by atoms with van der Waals surface area (Å²) in [6.07, 6.45) is 4.43. The molecule has 0 spiro atoms. The first-order valence-corrected chi connectivity index (χ1v) is 7.57. The topological polar surface area (TPSA) is 50.4 Å². The molecule has 1 amide bonds. The molecule has 1 fully saturated rings. The molecule has 2 N–H and O–H groups in total. The van der Waals surface area contributed by atoms with Crippen LogP contribution in [0.1, 0.15) is 32.6 Å². The molecule has 1 aliphatic carbocycles. The van der Waals surface area contributed by atoms with Gasteiger partial charge in [0.2, 0.25) is 5.91 Å². The Morgan fingerprint density at radius 1 is 1.27 bits per heavy atom. The van der Waals surface area contributed by atoms with E-state index in [1.54, 1.807) is 0 Å². The summed E-state index contributed by atoms with van der Waals surface area (Å²) in [6.45, 7) is 2.11. The van der Waals surface area contributed by atoms with E-state index < -0.39 is 17.4 Å². The van der Waals surface area contributed by atoms with Gasteiger partial charge in [-0.3, -0.25) is 4.79 Å². The van der Waals surface area contributed by atoms with Crippen molar-refractivity contribution >= 4 is 11.6 Å². The van der Waals surface area contributed by atoms with Gasteiger partial charge < -0.3 is 15.4 Å². The molecule has 0 heterocycles. The molecule has 0 aliphatic heterocycles. The van der Waals surface area contributed by atoms with E-state index in [2.05, 4.69) is 22.3 Å². The summed E-state index contributed by atoms with van der Waals surface area (Å²) >= 11 is 0. The van der Waals surface area contributed by atoms with E-state index >= 15 is 0 Å². The maximum absolute atomic E-state index is 13.6. The quantitative estimate of drug-likeness (QED) is 0.878. The number of anilines is 1. The van der Waals surface area contributed by atoms with Gasteiger partial charge in [0, 0.05) is 23.9 Å². The Labute approximate surface area is 129 Å². The fraction of sp³-hybridized carbons (Fsp3) is 0.562. The Morgan fingerprint density at radius 3 is 2.50 bits per heavy atom. The zero-order valence-corrected chi connectivity index (χ0v) is 12.9. The molecule has 22 heavy (non-hydrogen) atoms. The van der Waals surface area contributed by atoms with Gasteiger partial charge in [0.05, 0.1) is 13.7 Å². The Hall–Kier alpha value is -1.85. The fourth-order valence-corrected chi connectivity index (χ4v) is 2.83. The van der Waals surface area contributed by atoms with Crippen LogP contribution in [0.4, 0.5) is 14.5 Å². The molecule has 6 heteroatoms. The van der Waals surface area contributed by atoms with Crippen LogP contribution in [0.5, 0.6) is 5.75 Å². The largest absolute Gasteiger partial charge is 0.491 e. The van der Waals surface area contributed by atoms with E-state index in [9.17, 15) is 13.6 Å². The highest BCUT2D eigenvalue weighted by atomic mass is 19.1. The summed E-state index contributed by atoms with van der Waals surface area (Å²) < 4.78 is 31.7. The standard InChI is InChI=1S/C16H22F2N2O2/c1-10-5-3-4-6-14(10)20-15(21)9-19-11-7-12(17)16(22-2)13(18)8-11/h7-8,10,14,19H,3-6,9H2,1-2H3,(H,20,21)/t10-,14-/m1/s1. The maximum Gasteiger partial charge on any atom is 0.239 e. The lowest BCUT2D eigenvalue weighted by atomic mass is 9.86. The smallest absolute Gasteiger partial charge is 0.239 e. The van der Waals surface area contributed by atoms with Crippen LogP contribution in [-0.4, -0.2) is 25.6 Å². The molecule has 0 bridgehead atoms. The lowest BCUT2D eigenvalue weighted by Gasteiger charge is -2.29.